The molecule has 1 aromatic heterocycles. The molecule has 3 heteroatoms. The Morgan fingerprint density at radius 1 is 1.67 bits per heavy atom. The van der Waals surface area contributed by atoms with E-state index < -0.39 is 0 Å². The van der Waals surface area contributed by atoms with Gasteiger partial charge in [0, 0.05) is 17.3 Å². The summed E-state index contributed by atoms with van der Waals surface area (Å²) in [5.74, 6) is 0.836. The molecule has 0 saturated heterocycles. The first kappa shape index (κ1) is 11.1. The minimum absolute atomic E-state index is 0.0208. The predicted octanol–water partition coefficient (Wildman–Crippen LogP) is 2.98. The Morgan fingerprint density at radius 2 is 2.53 bits per heavy atom. The highest BCUT2D eigenvalue weighted by Gasteiger charge is 2.32. The van der Waals surface area contributed by atoms with Crippen LogP contribution in [0.5, 0.6) is 0 Å². The normalized spacial score (nSPS) is 31.7. The van der Waals surface area contributed by atoms with E-state index in [2.05, 4.69) is 17.3 Å². The van der Waals surface area contributed by atoms with Gasteiger partial charge in [0.2, 0.25) is 0 Å². The van der Waals surface area contributed by atoms with Gasteiger partial charge in [-0.1, -0.05) is 26.2 Å². The third-order valence-corrected chi connectivity index (χ3v) is 4.21. The van der Waals surface area contributed by atoms with Crippen LogP contribution in [0.25, 0.3) is 0 Å². The molecule has 0 bridgehead atoms. The zero-order valence-corrected chi connectivity index (χ0v) is 10.2. The van der Waals surface area contributed by atoms with Crippen molar-refractivity contribution in [2.45, 2.75) is 51.0 Å². The van der Waals surface area contributed by atoms with Crippen LogP contribution in [0.1, 0.15) is 44.7 Å². The van der Waals surface area contributed by atoms with Crippen molar-refractivity contribution in [3.8, 4) is 0 Å². The molecule has 1 fully saturated rings. The van der Waals surface area contributed by atoms with Crippen molar-refractivity contribution in [2.75, 3.05) is 0 Å². The number of hydrogen-bond donors (Lipinski definition) is 1. The van der Waals surface area contributed by atoms with Crippen LogP contribution in [0.2, 0.25) is 0 Å². The summed E-state index contributed by atoms with van der Waals surface area (Å²) in [6.45, 7) is 2.28. The lowest BCUT2D eigenvalue weighted by molar-refractivity contribution is 0.217. The van der Waals surface area contributed by atoms with Crippen molar-refractivity contribution in [3.63, 3.8) is 0 Å². The van der Waals surface area contributed by atoms with Gasteiger partial charge < -0.3 is 5.73 Å². The minimum atomic E-state index is 0.0208. The molecule has 2 atom stereocenters. The van der Waals surface area contributed by atoms with Gasteiger partial charge in [-0.25, -0.2) is 4.98 Å². The molecule has 0 aliphatic heterocycles. The number of thiazole rings is 1. The molecule has 84 valence electrons. The Kier molecular flexibility index (Phi) is 3.42. The predicted molar refractivity (Wildman–Crippen MR) is 65.0 cm³/mol. The number of nitrogens with two attached hydrogens (primary N) is 1. The highest BCUT2D eigenvalue weighted by molar-refractivity contribution is 7.07. The maximum atomic E-state index is 6.48. The Bertz CT molecular complexity index is 297. The smallest absolute Gasteiger partial charge is 0.0794 e. The number of nitrogens with zero attached hydrogens (tertiary/aromatic N) is 1. The van der Waals surface area contributed by atoms with Crippen LogP contribution in [0, 0.1) is 5.92 Å². The zero-order valence-electron chi connectivity index (χ0n) is 9.41. The van der Waals surface area contributed by atoms with Gasteiger partial charge in [0.1, 0.15) is 0 Å². The van der Waals surface area contributed by atoms with Gasteiger partial charge in [0.15, 0.2) is 0 Å². The number of hydrogen-bond acceptors (Lipinski definition) is 3. The van der Waals surface area contributed by atoms with E-state index in [1.807, 2.05) is 5.51 Å². The van der Waals surface area contributed by atoms with Crippen LogP contribution in [0.15, 0.2) is 10.9 Å². The number of rotatable bonds is 3. The van der Waals surface area contributed by atoms with Crippen LogP contribution >= 0.6 is 11.3 Å². The summed E-state index contributed by atoms with van der Waals surface area (Å²) in [5, 5.41) is 2.13. The Morgan fingerprint density at radius 3 is 3.20 bits per heavy atom. The maximum absolute atomic E-state index is 6.48. The highest BCUT2D eigenvalue weighted by atomic mass is 32.1. The molecule has 2 unspecified atom stereocenters. The third-order valence-electron chi connectivity index (χ3n) is 3.58. The molecule has 15 heavy (non-hydrogen) atoms. The van der Waals surface area contributed by atoms with E-state index in [9.17, 15) is 0 Å². The van der Waals surface area contributed by atoms with Crippen molar-refractivity contribution >= 4 is 11.3 Å². The molecule has 0 aromatic carbocycles. The van der Waals surface area contributed by atoms with E-state index >= 15 is 0 Å². The average molecular weight is 224 g/mol. The second-order valence-electron chi connectivity index (χ2n) is 4.89. The van der Waals surface area contributed by atoms with Gasteiger partial charge >= 0.3 is 0 Å². The largest absolute Gasteiger partial charge is 0.325 e. The Hall–Kier alpha value is -0.410. The Labute approximate surface area is 95.9 Å². The fourth-order valence-corrected chi connectivity index (χ4v) is 3.27. The third kappa shape index (κ3) is 2.79. The SMILES string of the molecule is CCC1CCCC(N)(Cc2cscn2)C1. The van der Waals surface area contributed by atoms with Crippen LogP contribution in [-0.2, 0) is 6.42 Å². The second-order valence-corrected chi connectivity index (χ2v) is 5.61. The minimum Gasteiger partial charge on any atom is -0.325 e. The molecule has 2 rings (SSSR count). The molecular formula is C12H20N2S. The first-order valence-corrected chi connectivity index (χ1v) is 6.82. The standard InChI is InChI=1S/C12H20N2S/c1-2-10-4-3-5-12(13,6-10)7-11-8-15-9-14-11/h8-10H,2-7,13H2,1H3. The zero-order chi connectivity index (χ0) is 10.7. The van der Waals surface area contributed by atoms with Gasteiger partial charge in [-0.3, -0.25) is 0 Å². The lowest BCUT2D eigenvalue weighted by atomic mass is 9.73. The second kappa shape index (κ2) is 4.62. The number of aromatic nitrogens is 1. The van der Waals surface area contributed by atoms with E-state index in [4.69, 9.17) is 5.73 Å². The van der Waals surface area contributed by atoms with E-state index in [1.54, 1.807) is 11.3 Å². The van der Waals surface area contributed by atoms with E-state index in [0.717, 1.165) is 12.3 Å². The summed E-state index contributed by atoms with van der Waals surface area (Å²) in [6.07, 6.45) is 7.25. The molecule has 2 nitrogen and oxygen atoms in total. The van der Waals surface area contributed by atoms with Crippen molar-refractivity contribution in [2.24, 2.45) is 11.7 Å². The lowest BCUT2D eigenvalue weighted by Gasteiger charge is -2.37. The van der Waals surface area contributed by atoms with E-state index in [1.165, 1.54) is 37.8 Å². The lowest BCUT2D eigenvalue weighted by Crippen LogP contribution is -2.46. The fraction of sp³-hybridized carbons (Fsp3) is 0.750. The van der Waals surface area contributed by atoms with Crippen molar-refractivity contribution < 1.29 is 0 Å². The molecule has 1 aromatic rings. The maximum Gasteiger partial charge on any atom is 0.0794 e. The summed E-state index contributed by atoms with van der Waals surface area (Å²) in [7, 11) is 0. The van der Waals surface area contributed by atoms with Crippen LogP contribution < -0.4 is 5.73 Å². The quantitative estimate of drug-likeness (QED) is 0.857. The van der Waals surface area contributed by atoms with E-state index in [0.29, 0.717) is 0 Å². The molecule has 1 aliphatic carbocycles. The first-order valence-electron chi connectivity index (χ1n) is 5.88. The monoisotopic (exact) mass is 224 g/mol. The van der Waals surface area contributed by atoms with Crippen LogP contribution in [-0.4, -0.2) is 10.5 Å². The van der Waals surface area contributed by atoms with Crippen LogP contribution in [0.4, 0.5) is 0 Å². The molecule has 0 amide bonds. The summed E-state index contributed by atoms with van der Waals surface area (Å²) < 4.78 is 0. The van der Waals surface area contributed by atoms with Gasteiger partial charge in [0.25, 0.3) is 0 Å². The molecule has 1 aliphatic rings. The van der Waals surface area contributed by atoms with Crippen molar-refractivity contribution in [1.82, 2.24) is 4.98 Å². The molecule has 2 N–H and O–H groups in total. The molecule has 1 heterocycles. The molecule has 0 radical (unpaired) electrons. The molecular weight excluding hydrogens is 204 g/mol. The van der Waals surface area contributed by atoms with Crippen molar-refractivity contribution in [1.29, 1.82) is 0 Å². The topological polar surface area (TPSA) is 38.9 Å². The van der Waals surface area contributed by atoms with Crippen LogP contribution in [0.3, 0.4) is 0 Å². The summed E-state index contributed by atoms with van der Waals surface area (Å²) in [4.78, 5) is 4.34. The highest BCUT2D eigenvalue weighted by Crippen LogP contribution is 2.34. The van der Waals surface area contributed by atoms with Gasteiger partial charge in [0.05, 0.1) is 11.2 Å². The van der Waals surface area contributed by atoms with Crippen molar-refractivity contribution in [3.05, 3.63) is 16.6 Å². The Balaban J connectivity index is 1.99. The molecule has 1 saturated carbocycles. The molecule has 0 spiro atoms. The van der Waals surface area contributed by atoms with Gasteiger partial charge in [-0.2, -0.15) is 0 Å². The van der Waals surface area contributed by atoms with Gasteiger partial charge in [-0.05, 0) is 18.8 Å². The summed E-state index contributed by atoms with van der Waals surface area (Å²) >= 11 is 1.67. The first-order chi connectivity index (χ1) is 7.22. The van der Waals surface area contributed by atoms with Gasteiger partial charge in [-0.15, -0.1) is 11.3 Å². The summed E-state index contributed by atoms with van der Waals surface area (Å²) in [6, 6.07) is 0. The average Bonchev–Trinajstić information content (AvgIpc) is 2.69. The fourth-order valence-electron chi connectivity index (χ4n) is 2.72. The summed E-state index contributed by atoms with van der Waals surface area (Å²) in [5.41, 5.74) is 9.58. The van der Waals surface area contributed by atoms with E-state index in [-0.39, 0.29) is 5.54 Å².